The summed E-state index contributed by atoms with van der Waals surface area (Å²) < 4.78 is 16.6. The fourth-order valence-electron chi connectivity index (χ4n) is 1.98. The van der Waals surface area contributed by atoms with E-state index in [0.29, 0.717) is 6.61 Å². The second-order valence-electron chi connectivity index (χ2n) is 4.36. The minimum Gasteiger partial charge on any atom is -0.497 e. The fourth-order valence-corrected chi connectivity index (χ4v) is 1.98. The molecule has 0 aliphatic carbocycles. The van der Waals surface area contributed by atoms with Crippen LogP contribution >= 0.6 is 0 Å². The Balaban J connectivity index is 2.10. The van der Waals surface area contributed by atoms with E-state index in [0.717, 1.165) is 43.2 Å². The second kappa shape index (κ2) is 6.61. The first-order chi connectivity index (χ1) is 8.83. The summed E-state index contributed by atoms with van der Waals surface area (Å²) in [6.45, 7) is 5.29. The summed E-state index contributed by atoms with van der Waals surface area (Å²) in [4.78, 5) is 0. The number of rotatable bonds is 6. The highest BCUT2D eigenvalue weighted by Gasteiger charge is 2.18. The molecular formula is C14H21NO3. The Kier molecular flexibility index (Phi) is 4.84. The van der Waals surface area contributed by atoms with Gasteiger partial charge in [0, 0.05) is 18.5 Å². The van der Waals surface area contributed by atoms with E-state index in [4.69, 9.17) is 14.2 Å². The zero-order valence-electron chi connectivity index (χ0n) is 11.1. The average molecular weight is 251 g/mol. The highest BCUT2D eigenvalue weighted by Crippen LogP contribution is 2.26. The lowest BCUT2D eigenvalue weighted by atomic mass is 10.1. The van der Waals surface area contributed by atoms with Gasteiger partial charge in [0.25, 0.3) is 0 Å². The summed E-state index contributed by atoms with van der Waals surface area (Å²) in [6, 6.07) is 5.93. The third-order valence-corrected chi connectivity index (χ3v) is 3.01. The predicted molar refractivity (Wildman–Crippen MR) is 70.2 cm³/mol. The van der Waals surface area contributed by atoms with Crippen LogP contribution in [0.5, 0.6) is 11.5 Å². The molecule has 1 unspecified atom stereocenters. The molecule has 1 fully saturated rings. The van der Waals surface area contributed by atoms with Crippen LogP contribution in [0.25, 0.3) is 0 Å². The van der Waals surface area contributed by atoms with Crippen molar-refractivity contribution in [1.82, 2.24) is 5.32 Å². The molecule has 1 aliphatic rings. The highest BCUT2D eigenvalue weighted by molar-refractivity contribution is 5.40. The molecule has 100 valence electrons. The van der Waals surface area contributed by atoms with E-state index in [1.165, 1.54) is 0 Å². The molecule has 18 heavy (non-hydrogen) atoms. The molecule has 1 N–H and O–H groups in total. The molecule has 0 amide bonds. The molecule has 1 aromatic carbocycles. The van der Waals surface area contributed by atoms with Crippen LogP contribution in [0.3, 0.4) is 0 Å². The van der Waals surface area contributed by atoms with Crippen molar-refractivity contribution < 1.29 is 14.2 Å². The standard InChI is InChI=1S/C14H21NO3/c1-3-15-9-11-8-12(16-2)4-5-14(11)18-13-6-7-17-10-13/h4-5,8,13,15H,3,6-7,9-10H2,1-2H3. The van der Waals surface area contributed by atoms with Gasteiger partial charge in [0.15, 0.2) is 0 Å². The molecule has 0 bridgehead atoms. The maximum Gasteiger partial charge on any atom is 0.124 e. The van der Waals surface area contributed by atoms with Gasteiger partial charge >= 0.3 is 0 Å². The lowest BCUT2D eigenvalue weighted by molar-refractivity contribution is 0.140. The molecule has 1 atom stereocenters. The van der Waals surface area contributed by atoms with Gasteiger partial charge in [-0.25, -0.2) is 0 Å². The zero-order chi connectivity index (χ0) is 12.8. The molecule has 2 rings (SSSR count). The van der Waals surface area contributed by atoms with Gasteiger partial charge in [-0.1, -0.05) is 6.92 Å². The van der Waals surface area contributed by atoms with Crippen molar-refractivity contribution in [2.24, 2.45) is 0 Å². The quantitative estimate of drug-likeness (QED) is 0.839. The van der Waals surface area contributed by atoms with Gasteiger partial charge in [0.1, 0.15) is 17.6 Å². The van der Waals surface area contributed by atoms with Crippen LogP contribution in [0.1, 0.15) is 18.9 Å². The molecule has 1 heterocycles. The molecule has 1 aliphatic heterocycles. The fraction of sp³-hybridized carbons (Fsp3) is 0.571. The van der Waals surface area contributed by atoms with Gasteiger partial charge < -0.3 is 19.5 Å². The molecule has 4 heteroatoms. The zero-order valence-corrected chi connectivity index (χ0v) is 11.1. The Hall–Kier alpha value is -1.26. The number of ether oxygens (including phenoxy) is 3. The first-order valence-electron chi connectivity index (χ1n) is 6.45. The largest absolute Gasteiger partial charge is 0.497 e. The van der Waals surface area contributed by atoms with Crippen molar-refractivity contribution in [3.8, 4) is 11.5 Å². The van der Waals surface area contributed by atoms with Gasteiger partial charge in [-0.2, -0.15) is 0 Å². The normalized spacial score (nSPS) is 18.9. The van der Waals surface area contributed by atoms with E-state index in [-0.39, 0.29) is 6.10 Å². The number of methoxy groups -OCH3 is 1. The van der Waals surface area contributed by atoms with Crippen LogP contribution in [0.2, 0.25) is 0 Å². The van der Waals surface area contributed by atoms with Crippen molar-refractivity contribution in [2.75, 3.05) is 26.9 Å². The first-order valence-corrected chi connectivity index (χ1v) is 6.45. The minimum atomic E-state index is 0.179. The van der Waals surface area contributed by atoms with E-state index in [1.807, 2.05) is 18.2 Å². The molecule has 0 aromatic heterocycles. The number of hydrogen-bond acceptors (Lipinski definition) is 4. The van der Waals surface area contributed by atoms with E-state index in [9.17, 15) is 0 Å². The topological polar surface area (TPSA) is 39.7 Å². The Morgan fingerprint density at radius 2 is 2.33 bits per heavy atom. The van der Waals surface area contributed by atoms with E-state index in [1.54, 1.807) is 7.11 Å². The molecule has 1 saturated heterocycles. The number of benzene rings is 1. The second-order valence-corrected chi connectivity index (χ2v) is 4.36. The summed E-state index contributed by atoms with van der Waals surface area (Å²) in [5.74, 6) is 1.78. The Bertz CT molecular complexity index is 375. The van der Waals surface area contributed by atoms with Crippen LogP contribution in [-0.4, -0.2) is 33.0 Å². The average Bonchev–Trinajstić information content (AvgIpc) is 2.90. The predicted octanol–water partition coefficient (Wildman–Crippen LogP) is 1.97. The number of hydrogen-bond donors (Lipinski definition) is 1. The summed E-state index contributed by atoms with van der Waals surface area (Å²) in [5.41, 5.74) is 1.13. The van der Waals surface area contributed by atoms with Crippen LogP contribution in [0.15, 0.2) is 18.2 Å². The van der Waals surface area contributed by atoms with Crippen LogP contribution in [0.4, 0.5) is 0 Å². The van der Waals surface area contributed by atoms with Gasteiger partial charge in [-0.3, -0.25) is 0 Å². The van der Waals surface area contributed by atoms with Gasteiger partial charge in [0.05, 0.1) is 20.3 Å². The number of nitrogens with one attached hydrogen (secondary N) is 1. The molecule has 1 aromatic rings. The lowest BCUT2D eigenvalue weighted by Crippen LogP contribution is -2.18. The summed E-state index contributed by atoms with van der Waals surface area (Å²) in [5, 5.41) is 3.31. The third-order valence-electron chi connectivity index (χ3n) is 3.01. The molecule has 0 saturated carbocycles. The molecule has 0 spiro atoms. The molecule has 0 radical (unpaired) electrons. The summed E-state index contributed by atoms with van der Waals surface area (Å²) in [6.07, 6.45) is 1.14. The summed E-state index contributed by atoms with van der Waals surface area (Å²) >= 11 is 0. The third kappa shape index (κ3) is 3.37. The van der Waals surface area contributed by atoms with Crippen LogP contribution < -0.4 is 14.8 Å². The molecule has 4 nitrogen and oxygen atoms in total. The monoisotopic (exact) mass is 251 g/mol. The van der Waals surface area contributed by atoms with Crippen molar-refractivity contribution in [2.45, 2.75) is 26.0 Å². The van der Waals surface area contributed by atoms with Crippen molar-refractivity contribution in [3.63, 3.8) is 0 Å². The van der Waals surface area contributed by atoms with E-state index in [2.05, 4.69) is 12.2 Å². The van der Waals surface area contributed by atoms with Gasteiger partial charge in [-0.05, 0) is 24.7 Å². The molecular weight excluding hydrogens is 230 g/mol. The van der Waals surface area contributed by atoms with Gasteiger partial charge in [0.2, 0.25) is 0 Å². The maximum atomic E-state index is 5.98. The lowest BCUT2D eigenvalue weighted by Gasteiger charge is -2.16. The van der Waals surface area contributed by atoms with Crippen molar-refractivity contribution in [1.29, 1.82) is 0 Å². The minimum absolute atomic E-state index is 0.179. The smallest absolute Gasteiger partial charge is 0.124 e. The Morgan fingerprint density at radius 3 is 3.00 bits per heavy atom. The van der Waals surface area contributed by atoms with Gasteiger partial charge in [-0.15, -0.1) is 0 Å². The van der Waals surface area contributed by atoms with Crippen molar-refractivity contribution in [3.05, 3.63) is 23.8 Å². The van der Waals surface area contributed by atoms with Crippen LogP contribution in [0, 0.1) is 0 Å². The van der Waals surface area contributed by atoms with Crippen LogP contribution in [-0.2, 0) is 11.3 Å². The first kappa shape index (κ1) is 13.2. The van der Waals surface area contributed by atoms with Crippen molar-refractivity contribution >= 4 is 0 Å². The SMILES string of the molecule is CCNCc1cc(OC)ccc1OC1CCOC1. The highest BCUT2D eigenvalue weighted by atomic mass is 16.5. The summed E-state index contributed by atoms with van der Waals surface area (Å²) in [7, 11) is 1.68. The Morgan fingerprint density at radius 1 is 1.44 bits per heavy atom. The maximum absolute atomic E-state index is 5.98. The Labute approximate surface area is 108 Å². The van der Waals surface area contributed by atoms with E-state index < -0.39 is 0 Å². The van der Waals surface area contributed by atoms with E-state index >= 15 is 0 Å².